The maximum absolute atomic E-state index is 13.0. The van der Waals surface area contributed by atoms with Gasteiger partial charge in [-0.25, -0.2) is 12.7 Å². The molecule has 0 aromatic heterocycles. The summed E-state index contributed by atoms with van der Waals surface area (Å²) in [6.07, 6.45) is 0.0877. The van der Waals surface area contributed by atoms with Gasteiger partial charge in [-0.3, -0.25) is 14.4 Å². The van der Waals surface area contributed by atoms with Crippen LogP contribution in [0.3, 0.4) is 0 Å². The Morgan fingerprint density at radius 1 is 0.966 bits per heavy atom. The van der Waals surface area contributed by atoms with Gasteiger partial charge in [-0.2, -0.15) is 0 Å². The van der Waals surface area contributed by atoms with Gasteiger partial charge in [-0.15, -0.1) is 0 Å². The predicted octanol–water partition coefficient (Wildman–Crippen LogP) is 2.27. The van der Waals surface area contributed by atoms with Crippen molar-refractivity contribution in [2.75, 3.05) is 10.6 Å². The van der Waals surface area contributed by atoms with Crippen molar-refractivity contribution in [1.29, 1.82) is 0 Å². The predicted molar refractivity (Wildman–Crippen MR) is 108 cm³/mol. The number of amides is 3. The maximum atomic E-state index is 13.0. The van der Waals surface area contributed by atoms with Crippen molar-refractivity contribution in [3.05, 3.63) is 54.1 Å². The van der Waals surface area contributed by atoms with Crippen LogP contribution in [0.2, 0.25) is 0 Å². The molecule has 1 saturated heterocycles. The fourth-order valence-corrected chi connectivity index (χ4v) is 4.69. The molecule has 3 rings (SSSR count). The maximum Gasteiger partial charge on any atom is 0.267 e. The standard InChI is InChI=1S/C20H21N3O5S/c1-13-3-9-17(10-4-13)29(27,28)23-18(11-12-19(23)25)20(26)22-16-7-5-15(6-8-16)21-14(2)24/h3-10,18H,11-12H2,1-2H3,(H,21,24)(H,22,26). The van der Waals surface area contributed by atoms with Crippen molar-refractivity contribution in [2.45, 2.75) is 37.6 Å². The molecule has 152 valence electrons. The van der Waals surface area contributed by atoms with Crippen LogP contribution in [0, 0.1) is 6.92 Å². The summed E-state index contributed by atoms with van der Waals surface area (Å²) >= 11 is 0. The minimum Gasteiger partial charge on any atom is -0.326 e. The molecule has 2 aromatic rings. The Balaban J connectivity index is 1.80. The minimum atomic E-state index is -4.14. The summed E-state index contributed by atoms with van der Waals surface area (Å²) in [5, 5.41) is 5.25. The zero-order valence-electron chi connectivity index (χ0n) is 16.0. The summed E-state index contributed by atoms with van der Waals surface area (Å²) in [6.45, 7) is 3.21. The van der Waals surface area contributed by atoms with E-state index in [0.717, 1.165) is 5.56 Å². The van der Waals surface area contributed by atoms with Crippen LogP contribution in [-0.4, -0.2) is 36.5 Å². The number of carbonyl (C=O) groups excluding carboxylic acids is 3. The summed E-state index contributed by atoms with van der Waals surface area (Å²) in [4.78, 5) is 36.1. The zero-order chi connectivity index (χ0) is 21.2. The second kappa shape index (κ2) is 8.04. The number of nitrogens with one attached hydrogen (secondary N) is 2. The number of sulfonamides is 1. The van der Waals surface area contributed by atoms with Crippen LogP contribution in [0.25, 0.3) is 0 Å². The van der Waals surface area contributed by atoms with E-state index in [2.05, 4.69) is 10.6 Å². The third kappa shape index (κ3) is 4.45. The molecule has 0 bridgehead atoms. The van der Waals surface area contributed by atoms with Crippen LogP contribution in [0.15, 0.2) is 53.4 Å². The normalized spacial score (nSPS) is 16.6. The number of anilines is 2. The second-order valence-corrected chi connectivity index (χ2v) is 8.62. The third-order valence-electron chi connectivity index (χ3n) is 4.51. The molecule has 2 aromatic carbocycles. The molecule has 1 aliphatic rings. The lowest BCUT2D eigenvalue weighted by Crippen LogP contribution is -2.45. The first-order valence-corrected chi connectivity index (χ1v) is 10.4. The van der Waals surface area contributed by atoms with Gasteiger partial charge in [0.25, 0.3) is 10.0 Å². The van der Waals surface area contributed by atoms with Gasteiger partial charge in [-0.1, -0.05) is 17.7 Å². The molecule has 2 N–H and O–H groups in total. The van der Waals surface area contributed by atoms with Gasteiger partial charge in [0, 0.05) is 24.7 Å². The number of benzene rings is 2. The third-order valence-corrected chi connectivity index (χ3v) is 6.36. The summed E-state index contributed by atoms with van der Waals surface area (Å²) in [6, 6.07) is 11.4. The fourth-order valence-electron chi connectivity index (χ4n) is 3.09. The molecular weight excluding hydrogens is 394 g/mol. The topological polar surface area (TPSA) is 113 Å². The van der Waals surface area contributed by atoms with Crippen molar-refractivity contribution in [2.24, 2.45) is 0 Å². The van der Waals surface area contributed by atoms with Crippen LogP contribution < -0.4 is 10.6 Å². The van der Waals surface area contributed by atoms with E-state index >= 15 is 0 Å². The smallest absolute Gasteiger partial charge is 0.267 e. The molecule has 0 spiro atoms. The van der Waals surface area contributed by atoms with Crippen LogP contribution in [0.1, 0.15) is 25.3 Å². The number of aryl methyl sites for hydroxylation is 1. The molecule has 0 radical (unpaired) electrons. The van der Waals surface area contributed by atoms with Gasteiger partial charge >= 0.3 is 0 Å². The van der Waals surface area contributed by atoms with Crippen molar-refractivity contribution in [1.82, 2.24) is 4.31 Å². The van der Waals surface area contributed by atoms with Gasteiger partial charge in [0.2, 0.25) is 17.7 Å². The van der Waals surface area contributed by atoms with E-state index in [9.17, 15) is 22.8 Å². The Hall–Kier alpha value is -3.20. The first-order chi connectivity index (χ1) is 13.7. The summed E-state index contributed by atoms with van der Waals surface area (Å²) in [5.41, 5.74) is 1.87. The lowest BCUT2D eigenvalue weighted by atomic mass is 10.2. The Bertz CT molecular complexity index is 1050. The van der Waals surface area contributed by atoms with E-state index in [-0.39, 0.29) is 23.6 Å². The summed E-state index contributed by atoms with van der Waals surface area (Å²) in [5.74, 6) is -1.41. The van der Waals surface area contributed by atoms with E-state index in [0.29, 0.717) is 15.7 Å². The Morgan fingerprint density at radius 2 is 1.52 bits per heavy atom. The SMILES string of the molecule is CC(=O)Nc1ccc(NC(=O)C2CCC(=O)N2S(=O)(=O)c2ccc(C)cc2)cc1. The second-order valence-electron chi connectivity index (χ2n) is 6.81. The van der Waals surface area contributed by atoms with Crippen LogP contribution in [0.5, 0.6) is 0 Å². The highest BCUT2D eigenvalue weighted by Gasteiger charge is 2.44. The number of rotatable bonds is 5. The number of carbonyl (C=O) groups is 3. The van der Waals surface area contributed by atoms with Crippen molar-refractivity contribution in [3.8, 4) is 0 Å². The largest absolute Gasteiger partial charge is 0.326 e. The van der Waals surface area contributed by atoms with E-state index in [1.807, 2.05) is 6.92 Å². The highest BCUT2D eigenvalue weighted by Crippen LogP contribution is 2.28. The summed E-state index contributed by atoms with van der Waals surface area (Å²) < 4.78 is 26.6. The highest BCUT2D eigenvalue weighted by atomic mass is 32.2. The molecule has 3 amide bonds. The lowest BCUT2D eigenvalue weighted by molar-refractivity contribution is -0.128. The van der Waals surface area contributed by atoms with Crippen LogP contribution in [0.4, 0.5) is 11.4 Å². The molecule has 1 atom stereocenters. The molecular formula is C20H21N3O5S. The van der Waals surface area contributed by atoms with E-state index < -0.39 is 27.9 Å². The van der Waals surface area contributed by atoms with E-state index in [1.165, 1.54) is 19.1 Å². The quantitative estimate of drug-likeness (QED) is 0.778. The van der Waals surface area contributed by atoms with Crippen LogP contribution >= 0.6 is 0 Å². The Kier molecular flexibility index (Phi) is 5.69. The molecule has 1 aliphatic heterocycles. The molecule has 1 heterocycles. The molecule has 0 saturated carbocycles. The molecule has 9 heteroatoms. The van der Waals surface area contributed by atoms with Crippen LogP contribution in [-0.2, 0) is 24.4 Å². The van der Waals surface area contributed by atoms with E-state index in [4.69, 9.17) is 0 Å². The van der Waals surface area contributed by atoms with Gasteiger partial charge in [0.1, 0.15) is 6.04 Å². The van der Waals surface area contributed by atoms with Gasteiger partial charge in [-0.05, 0) is 49.7 Å². The lowest BCUT2D eigenvalue weighted by Gasteiger charge is -2.23. The number of hydrogen-bond donors (Lipinski definition) is 2. The monoisotopic (exact) mass is 415 g/mol. The molecule has 0 aliphatic carbocycles. The average molecular weight is 415 g/mol. The molecule has 29 heavy (non-hydrogen) atoms. The Labute approximate surface area is 169 Å². The average Bonchev–Trinajstić information content (AvgIpc) is 3.06. The van der Waals surface area contributed by atoms with Gasteiger partial charge < -0.3 is 10.6 Å². The number of nitrogens with zero attached hydrogens (tertiary/aromatic N) is 1. The van der Waals surface area contributed by atoms with Crippen molar-refractivity contribution in [3.63, 3.8) is 0 Å². The fraction of sp³-hybridized carbons (Fsp3) is 0.250. The molecule has 1 unspecified atom stereocenters. The van der Waals surface area contributed by atoms with Crippen molar-refractivity contribution >= 4 is 39.1 Å². The van der Waals surface area contributed by atoms with Crippen molar-refractivity contribution < 1.29 is 22.8 Å². The molecule has 1 fully saturated rings. The summed E-state index contributed by atoms with van der Waals surface area (Å²) in [7, 11) is -4.14. The first-order valence-electron chi connectivity index (χ1n) is 9.01. The van der Waals surface area contributed by atoms with E-state index in [1.54, 1.807) is 36.4 Å². The highest BCUT2D eigenvalue weighted by molar-refractivity contribution is 7.89. The van der Waals surface area contributed by atoms with Gasteiger partial charge in [0.05, 0.1) is 4.90 Å². The number of hydrogen-bond acceptors (Lipinski definition) is 5. The molecule has 8 nitrogen and oxygen atoms in total. The minimum absolute atomic E-state index is 0.0232. The Morgan fingerprint density at radius 3 is 2.07 bits per heavy atom. The first kappa shape index (κ1) is 20.5. The van der Waals surface area contributed by atoms with Gasteiger partial charge in [0.15, 0.2) is 0 Å². The zero-order valence-corrected chi connectivity index (χ0v) is 16.8.